The van der Waals surface area contributed by atoms with Gasteiger partial charge in [-0.1, -0.05) is 67.9 Å². The molecule has 2 rings (SSSR count). The average molecular weight is 283 g/mol. The van der Waals surface area contributed by atoms with E-state index in [-0.39, 0.29) is 12.1 Å². The van der Waals surface area contributed by atoms with Gasteiger partial charge in [0.05, 0.1) is 12.1 Å². The van der Waals surface area contributed by atoms with Crippen LogP contribution in [0, 0.1) is 6.92 Å². The second-order valence-corrected chi connectivity index (χ2v) is 5.55. The van der Waals surface area contributed by atoms with Crippen molar-refractivity contribution in [2.24, 2.45) is 0 Å². The molecule has 2 aromatic rings. The number of aryl methyl sites for hydroxylation is 1. The number of benzene rings is 2. The van der Waals surface area contributed by atoms with E-state index in [9.17, 15) is 5.11 Å². The quantitative estimate of drug-likeness (QED) is 0.809. The summed E-state index contributed by atoms with van der Waals surface area (Å²) in [5.41, 5.74) is 3.77. The van der Waals surface area contributed by atoms with Gasteiger partial charge >= 0.3 is 0 Å². The Bertz CT molecular complexity index is 538. The van der Waals surface area contributed by atoms with Crippen LogP contribution in [0.4, 0.5) is 0 Å². The number of hydrogen-bond acceptors (Lipinski definition) is 2. The van der Waals surface area contributed by atoms with Gasteiger partial charge in [0.25, 0.3) is 0 Å². The molecule has 2 unspecified atom stereocenters. The third kappa shape index (κ3) is 4.42. The van der Waals surface area contributed by atoms with Gasteiger partial charge in [0.2, 0.25) is 0 Å². The Morgan fingerprint density at radius 3 is 2.33 bits per heavy atom. The van der Waals surface area contributed by atoms with Crippen LogP contribution in [0.5, 0.6) is 0 Å². The molecule has 0 aliphatic heterocycles. The predicted octanol–water partition coefficient (Wildman–Crippen LogP) is 3.84. The maximum absolute atomic E-state index is 10.00. The standard InChI is InChI=1S/C19H25NO/c1-3-9-17(21)14-20-19(16-11-5-4-6-12-16)18-13-8-7-10-15(18)2/h4-8,10-13,17,19-21H,3,9,14H2,1-2H3. The van der Waals surface area contributed by atoms with Crippen molar-refractivity contribution in [3.8, 4) is 0 Å². The number of nitrogens with one attached hydrogen (secondary N) is 1. The van der Waals surface area contributed by atoms with E-state index in [2.05, 4.69) is 67.7 Å². The van der Waals surface area contributed by atoms with Crippen molar-refractivity contribution in [1.82, 2.24) is 5.32 Å². The van der Waals surface area contributed by atoms with Crippen LogP contribution in [0.3, 0.4) is 0 Å². The molecule has 0 radical (unpaired) electrons. The van der Waals surface area contributed by atoms with Crippen LogP contribution in [0.2, 0.25) is 0 Å². The summed E-state index contributed by atoms with van der Waals surface area (Å²) in [4.78, 5) is 0. The van der Waals surface area contributed by atoms with Gasteiger partial charge in [0.1, 0.15) is 0 Å². The predicted molar refractivity (Wildman–Crippen MR) is 88.4 cm³/mol. The molecule has 0 saturated heterocycles. The molecular weight excluding hydrogens is 258 g/mol. The Hall–Kier alpha value is -1.64. The monoisotopic (exact) mass is 283 g/mol. The van der Waals surface area contributed by atoms with Crippen molar-refractivity contribution in [3.63, 3.8) is 0 Å². The van der Waals surface area contributed by atoms with E-state index in [1.165, 1.54) is 16.7 Å². The van der Waals surface area contributed by atoms with Gasteiger partial charge in [-0.15, -0.1) is 0 Å². The molecule has 0 aliphatic carbocycles. The van der Waals surface area contributed by atoms with Gasteiger partial charge in [-0.25, -0.2) is 0 Å². The highest BCUT2D eigenvalue weighted by molar-refractivity contribution is 5.36. The Kier molecular flexibility index (Phi) is 5.97. The fraction of sp³-hybridized carbons (Fsp3) is 0.368. The van der Waals surface area contributed by atoms with Crippen LogP contribution in [-0.2, 0) is 0 Å². The first kappa shape index (κ1) is 15.7. The number of aliphatic hydroxyl groups is 1. The van der Waals surface area contributed by atoms with E-state index >= 15 is 0 Å². The van der Waals surface area contributed by atoms with Crippen LogP contribution in [0.15, 0.2) is 54.6 Å². The normalized spacial score (nSPS) is 13.9. The van der Waals surface area contributed by atoms with Crippen LogP contribution in [0.1, 0.15) is 42.5 Å². The zero-order chi connectivity index (χ0) is 15.1. The van der Waals surface area contributed by atoms with E-state index in [4.69, 9.17) is 0 Å². The summed E-state index contributed by atoms with van der Waals surface area (Å²) in [5, 5.41) is 13.5. The molecule has 0 aliphatic rings. The van der Waals surface area contributed by atoms with Crippen molar-refractivity contribution in [2.45, 2.75) is 38.8 Å². The van der Waals surface area contributed by atoms with Gasteiger partial charge in [-0.3, -0.25) is 0 Å². The highest BCUT2D eigenvalue weighted by Crippen LogP contribution is 2.24. The molecule has 2 atom stereocenters. The van der Waals surface area contributed by atoms with Crippen LogP contribution in [-0.4, -0.2) is 17.8 Å². The molecule has 0 spiro atoms. The summed E-state index contributed by atoms with van der Waals surface area (Å²) in [6.07, 6.45) is 1.55. The second-order valence-electron chi connectivity index (χ2n) is 5.55. The Balaban J connectivity index is 2.21. The largest absolute Gasteiger partial charge is 0.392 e. The fourth-order valence-corrected chi connectivity index (χ4v) is 2.65. The maximum atomic E-state index is 10.00. The topological polar surface area (TPSA) is 32.3 Å². The van der Waals surface area contributed by atoms with Crippen LogP contribution < -0.4 is 5.32 Å². The number of aliphatic hydroxyl groups excluding tert-OH is 1. The third-order valence-corrected chi connectivity index (χ3v) is 3.81. The lowest BCUT2D eigenvalue weighted by Crippen LogP contribution is -2.31. The number of rotatable bonds is 7. The minimum absolute atomic E-state index is 0.124. The van der Waals surface area contributed by atoms with E-state index in [0.29, 0.717) is 6.54 Å². The van der Waals surface area contributed by atoms with Gasteiger partial charge in [0, 0.05) is 6.54 Å². The van der Waals surface area contributed by atoms with E-state index in [1.54, 1.807) is 0 Å². The third-order valence-electron chi connectivity index (χ3n) is 3.81. The van der Waals surface area contributed by atoms with Gasteiger partial charge < -0.3 is 10.4 Å². The lowest BCUT2D eigenvalue weighted by atomic mass is 9.95. The zero-order valence-electron chi connectivity index (χ0n) is 12.9. The Labute approximate surface area is 127 Å². The Morgan fingerprint density at radius 1 is 1.00 bits per heavy atom. The zero-order valence-corrected chi connectivity index (χ0v) is 12.9. The molecule has 2 N–H and O–H groups in total. The first-order valence-electron chi connectivity index (χ1n) is 7.74. The minimum Gasteiger partial charge on any atom is -0.392 e. The summed E-state index contributed by atoms with van der Waals surface area (Å²) in [7, 11) is 0. The fourth-order valence-electron chi connectivity index (χ4n) is 2.65. The van der Waals surface area contributed by atoms with Crippen LogP contribution >= 0.6 is 0 Å². The molecular formula is C19H25NO. The molecule has 0 aromatic heterocycles. The highest BCUT2D eigenvalue weighted by atomic mass is 16.3. The molecule has 0 saturated carbocycles. The summed E-state index contributed by atoms with van der Waals surface area (Å²) >= 11 is 0. The van der Waals surface area contributed by atoms with Gasteiger partial charge in [-0.2, -0.15) is 0 Å². The molecule has 2 aromatic carbocycles. The Morgan fingerprint density at radius 2 is 1.67 bits per heavy atom. The van der Waals surface area contributed by atoms with Crippen molar-refractivity contribution >= 4 is 0 Å². The summed E-state index contributed by atoms with van der Waals surface area (Å²) < 4.78 is 0. The van der Waals surface area contributed by atoms with Crippen molar-refractivity contribution in [2.75, 3.05) is 6.54 Å². The summed E-state index contributed by atoms with van der Waals surface area (Å²) in [6.45, 7) is 4.84. The molecule has 2 nitrogen and oxygen atoms in total. The van der Waals surface area contributed by atoms with Crippen molar-refractivity contribution < 1.29 is 5.11 Å². The van der Waals surface area contributed by atoms with E-state index < -0.39 is 0 Å². The van der Waals surface area contributed by atoms with E-state index in [0.717, 1.165) is 12.8 Å². The molecule has 21 heavy (non-hydrogen) atoms. The first-order chi connectivity index (χ1) is 10.2. The maximum Gasteiger partial charge on any atom is 0.0664 e. The number of hydrogen-bond donors (Lipinski definition) is 2. The van der Waals surface area contributed by atoms with E-state index in [1.807, 2.05) is 6.07 Å². The first-order valence-corrected chi connectivity index (χ1v) is 7.74. The molecule has 0 bridgehead atoms. The van der Waals surface area contributed by atoms with Crippen molar-refractivity contribution in [1.29, 1.82) is 0 Å². The van der Waals surface area contributed by atoms with Gasteiger partial charge in [0.15, 0.2) is 0 Å². The molecule has 0 fully saturated rings. The summed E-state index contributed by atoms with van der Waals surface area (Å²) in [6, 6.07) is 19.0. The highest BCUT2D eigenvalue weighted by Gasteiger charge is 2.16. The average Bonchev–Trinajstić information content (AvgIpc) is 2.50. The smallest absolute Gasteiger partial charge is 0.0664 e. The molecule has 0 heterocycles. The van der Waals surface area contributed by atoms with Crippen LogP contribution in [0.25, 0.3) is 0 Å². The lowest BCUT2D eigenvalue weighted by Gasteiger charge is -2.23. The SMILES string of the molecule is CCCC(O)CNC(c1ccccc1)c1ccccc1C. The second kappa shape index (κ2) is 7.96. The molecule has 0 amide bonds. The lowest BCUT2D eigenvalue weighted by molar-refractivity contribution is 0.158. The van der Waals surface area contributed by atoms with Gasteiger partial charge in [-0.05, 0) is 30.0 Å². The summed E-state index contributed by atoms with van der Waals surface area (Å²) in [5.74, 6) is 0. The molecule has 2 heteroatoms. The van der Waals surface area contributed by atoms with Crippen molar-refractivity contribution in [3.05, 3.63) is 71.3 Å². The minimum atomic E-state index is -0.287. The molecule has 112 valence electrons.